The minimum absolute atomic E-state index is 0.108. The Balaban J connectivity index is 1.46. The summed E-state index contributed by atoms with van der Waals surface area (Å²) in [5.41, 5.74) is 1.05. The molecular weight excluding hydrogens is 388 g/mol. The van der Waals surface area contributed by atoms with Crippen LogP contribution in [0, 0.1) is 5.92 Å². The van der Waals surface area contributed by atoms with E-state index in [-0.39, 0.29) is 11.8 Å². The number of rotatable bonds is 8. The number of urea groups is 1. The fourth-order valence-electron chi connectivity index (χ4n) is 3.49. The van der Waals surface area contributed by atoms with Gasteiger partial charge in [-0.15, -0.1) is 0 Å². The highest BCUT2D eigenvalue weighted by molar-refractivity contribution is 6.08. The number of amides is 4. The molecule has 1 saturated carbocycles. The van der Waals surface area contributed by atoms with Crippen molar-refractivity contribution in [3.05, 3.63) is 29.8 Å². The number of benzene rings is 1. The monoisotopic (exact) mass is 416 g/mol. The van der Waals surface area contributed by atoms with Crippen molar-refractivity contribution in [1.29, 1.82) is 0 Å². The summed E-state index contributed by atoms with van der Waals surface area (Å²) in [6, 6.07) is 7.18. The second-order valence-corrected chi connectivity index (χ2v) is 8.27. The summed E-state index contributed by atoms with van der Waals surface area (Å²) in [6.07, 6.45) is 1.75. The van der Waals surface area contributed by atoms with E-state index in [4.69, 9.17) is 4.74 Å². The molecule has 0 aromatic heterocycles. The maximum absolute atomic E-state index is 12.5. The highest BCUT2D eigenvalue weighted by Crippen LogP contribution is 2.42. The van der Waals surface area contributed by atoms with Gasteiger partial charge in [0.2, 0.25) is 0 Å². The van der Waals surface area contributed by atoms with Crippen molar-refractivity contribution in [2.75, 3.05) is 39.2 Å². The number of carbonyl (C=O) groups excluding carboxylic acids is 4. The Labute approximate surface area is 175 Å². The first kappa shape index (κ1) is 21.6. The van der Waals surface area contributed by atoms with Gasteiger partial charge in [0.25, 0.3) is 11.8 Å². The molecule has 0 unspecified atom stereocenters. The molecule has 1 aromatic carbocycles. The van der Waals surface area contributed by atoms with E-state index < -0.39 is 36.6 Å². The van der Waals surface area contributed by atoms with Gasteiger partial charge >= 0.3 is 12.0 Å². The molecule has 9 nitrogen and oxygen atoms in total. The zero-order chi connectivity index (χ0) is 22.1. The second-order valence-electron chi connectivity index (χ2n) is 8.27. The molecule has 1 N–H and O–H groups in total. The molecule has 9 heteroatoms. The van der Waals surface area contributed by atoms with Crippen LogP contribution in [0.1, 0.15) is 25.3 Å². The minimum Gasteiger partial charge on any atom is -0.454 e. The van der Waals surface area contributed by atoms with E-state index in [0.29, 0.717) is 6.54 Å². The van der Waals surface area contributed by atoms with E-state index in [1.807, 2.05) is 43.3 Å². The summed E-state index contributed by atoms with van der Waals surface area (Å²) in [5.74, 6) is -1.48. The van der Waals surface area contributed by atoms with Crippen LogP contribution in [-0.2, 0) is 25.7 Å². The molecule has 1 atom stereocenters. The van der Waals surface area contributed by atoms with Crippen LogP contribution in [0.5, 0.6) is 0 Å². The van der Waals surface area contributed by atoms with Crippen molar-refractivity contribution in [1.82, 2.24) is 15.1 Å². The Hall–Kier alpha value is -3.10. The lowest BCUT2D eigenvalue weighted by atomic mass is 9.96. The number of esters is 1. The van der Waals surface area contributed by atoms with Gasteiger partial charge in [-0.1, -0.05) is 12.1 Å². The predicted octanol–water partition coefficient (Wildman–Crippen LogP) is 0.975. The molecule has 1 aliphatic heterocycles. The third-order valence-corrected chi connectivity index (χ3v) is 5.64. The summed E-state index contributed by atoms with van der Waals surface area (Å²) in [7, 11) is 5.52. The first-order valence-corrected chi connectivity index (χ1v) is 9.92. The Morgan fingerprint density at radius 3 is 2.37 bits per heavy atom. The highest BCUT2D eigenvalue weighted by Gasteiger charge is 2.56. The highest BCUT2D eigenvalue weighted by atomic mass is 16.5. The molecule has 1 aromatic rings. The van der Waals surface area contributed by atoms with Crippen molar-refractivity contribution in [3.8, 4) is 0 Å². The molecular formula is C21H28N4O5. The van der Waals surface area contributed by atoms with Crippen LogP contribution in [0.3, 0.4) is 0 Å². The Morgan fingerprint density at radius 2 is 1.80 bits per heavy atom. The molecule has 2 fully saturated rings. The van der Waals surface area contributed by atoms with Crippen LogP contribution < -0.4 is 10.2 Å². The number of anilines is 1. The molecule has 0 spiro atoms. The summed E-state index contributed by atoms with van der Waals surface area (Å²) < 4.78 is 5.01. The minimum atomic E-state index is -0.949. The van der Waals surface area contributed by atoms with Crippen molar-refractivity contribution in [2.45, 2.75) is 31.8 Å². The van der Waals surface area contributed by atoms with Gasteiger partial charge in [0.1, 0.15) is 12.1 Å². The van der Waals surface area contributed by atoms with Crippen molar-refractivity contribution >= 4 is 29.5 Å². The third kappa shape index (κ3) is 4.55. The second kappa shape index (κ2) is 8.33. The van der Waals surface area contributed by atoms with Crippen LogP contribution in [0.4, 0.5) is 10.5 Å². The average Bonchev–Trinajstić information content (AvgIpc) is 3.52. The lowest BCUT2D eigenvalue weighted by molar-refractivity contribution is -0.153. The quantitative estimate of drug-likeness (QED) is 0.501. The maximum Gasteiger partial charge on any atom is 0.326 e. The topological polar surface area (TPSA) is 99.3 Å². The average molecular weight is 416 g/mol. The van der Waals surface area contributed by atoms with Gasteiger partial charge in [-0.3, -0.25) is 19.3 Å². The van der Waals surface area contributed by atoms with Gasteiger partial charge in [-0.05, 0) is 43.4 Å². The first-order valence-electron chi connectivity index (χ1n) is 9.92. The molecule has 0 radical (unpaired) electrons. The van der Waals surface area contributed by atoms with Crippen molar-refractivity contribution < 1.29 is 23.9 Å². The van der Waals surface area contributed by atoms with Crippen LogP contribution in [0.2, 0.25) is 0 Å². The first-order chi connectivity index (χ1) is 14.1. The van der Waals surface area contributed by atoms with E-state index in [0.717, 1.165) is 29.0 Å². The normalized spacial score (nSPS) is 20.7. The van der Waals surface area contributed by atoms with Gasteiger partial charge in [0.15, 0.2) is 6.61 Å². The molecule has 1 heterocycles. The van der Waals surface area contributed by atoms with E-state index in [9.17, 15) is 19.2 Å². The molecule has 3 rings (SSSR count). The van der Waals surface area contributed by atoms with E-state index in [2.05, 4.69) is 5.32 Å². The smallest absolute Gasteiger partial charge is 0.326 e. The van der Waals surface area contributed by atoms with Crippen LogP contribution in [-0.4, -0.2) is 73.4 Å². The fraction of sp³-hybridized carbons (Fsp3) is 0.524. The van der Waals surface area contributed by atoms with E-state index >= 15 is 0 Å². The van der Waals surface area contributed by atoms with Crippen molar-refractivity contribution in [2.24, 2.45) is 5.92 Å². The molecule has 1 saturated heterocycles. The lowest BCUT2D eigenvalue weighted by Gasteiger charge is -2.21. The summed E-state index contributed by atoms with van der Waals surface area (Å²) >= 11 is 0. The van der Waals surface area contributed by atoms with Gasteiger partial charge in [0.05, 0.1) is 0 Å². The Bertz CT molecular complexity index is 849. The predicted molar refractivity (Wildman–Crippen MR) is 110 cm³/mol. The van der Waals surface area contributed by atoms with E-state index in [1.165, 1.54) is 4.90 Å². The number of nitrogens with one attached hydrogen (secondary N) is 1. The van der Waals surface area contributed by atoms with E-state index in [1.54, 1.807) is 14.0 Å². The molecule has 162 valence electrons. The molecule has 2 aliphatic rings. The Kier molecular flexibility index (Phi) is 6.00. The third-order valence-electron chi connectivity index (χ3n) is 5.64. The number of likely N-dealkylation sites (N-methyl/N-ethyl adjacent to an activating group) is 1. The summed E-state index contributed by atoms with van der Waals surface area (Å²) in [4.78, 5) is 53.3. The number of imide groups is 1. The van der Waals surface area contributed by atoms with Gasteiger partial charge in [0, 0.05) is 33.4 Å². The molecule has 1 aliphatic carbocycles. The largest absolute Gasteiger partial charge is 0.454 e. The van der Waals surface area contributed by atoms with Gasteiger partial charge in [-0.25, -0.2) is 4.79 Å². The van der Waals surface area contributed by atoms with Crippen LogP contribution in [0.15, 0.2) is 24.3 Å². The van der Waals surface area contributed by atoms with Gasteiger partial charge in [-0.2, -0.15) is 0 Å². The lowest BCUT2D eigenvalue weighted by Crippen LogP contribution is -2.46. The number of nitrogens with zero attached hydrogens (tertiary/aromatic N) is 3. The maximum atomic E-state index is 12.5. The summed E-state index contributed by atoms with van der Waals surface area (Å²) in [6.45, 7) is 1.10. The summed E-state index contributed by atoms with van der Waals surface area (Å²) in [5, 5.41) is 2.67. The zero-order valence-corrected chi connectivity index (χ0v) is 17.8. The van der Waals surface area contributed by atoms with Crippen molar-refractivity contribution in [3.63, 3.8) is 0 Å². The number of ether oxygens (including phenoxy) is 1. The number of hydrogen-bond acceptors (Lipinski definition) is 6. The molecule has 0 bridgehead atoms. The van der Waals surface area contributed by atoms with Crippen LogP contribution in [0.25, 0.3) is 0 Å². The zero-order valence-electron chi connectivity index (χ0n) is 17.8. The SMILES string of the molecule is CN(Cc1ccc(N(C)C)cc1)C(=O)COC(=O)CN1C(=O)N[C@@](C)(C2CC2)C1=O. The number of carbonyl (C=O) groups is 4. The number of hydrogen-bond donors (Lipinski definition) is 1. The van der Waals surface area contributed by atoms with Gasteiger partial charge < -0.3 is 19.9 Å². The fourth-order valence-corrected chi connectivity index (χ4v) is 3.49. The molecule has 30 heavy (non-hydrogen) atoms. The Morgan fingerprint density at radius 1 is 1.17 bits per heavy atom. The molecule has 4 amide bonds. The van der Waals surface area contributed by atoms with Crippen LogP contribution >= 0.6 is 0 Å². The standard InChI is InChI=1S/C21H28N4O5/c1-21(15-7-8-15)19(28)25(20(29)22-21)12-18(27)30-13-17(26)24(4)11-14-5-9-16(10-6-14)23(2)3/h5-6,9-10,15H,7-8,11-13H2,1-4H3,(H,22,29)/t21-/m0/s1.